The highest BCUT2D eigenvalue weighted by Crippen LogP contribution is 2.20. The molecule has 1 aliphatic rings. The quantitative estimate of drug-likeness (QED) is 0.468. The summed E-state index contributed by atoms with van der Waals surface area (Å²) in [7, 11) is -3.85. The van der Waals surface area contributed by atoms with Crippen molar-refractivity contribution in [3.8, 4) is 0 Å². The van der Waals surface area contributed by atoms with Crippen LogP contribution in [0.15, 0.2) is 58.5 Å². The van der Waals surface area contributed by atoms with Gasteiger partial charge in [-0.1, -0.05) is 62.6 Å². The summed E-state index contributed by atoms with van der Waals surface area (Å²) in [6.45, 7) is 0. The van der Waals surface area contributed by atoms with Crippen molar-refractivity contribution in [2.45, 2.75) is 75.5 Å². The fourth-order valence-electron chi connectivity index (χ4n) is 3.86. The van der Waals surface area contributed by atoms with Crippen molar-refractivity contribution in [1.29, 1.82) is 0 Å². The second-order valence-electron chi connectivity index (χ2n) is 8.44. The zero-order valence-corrected chi connectivity index (χ0v) is 20.4. The van der Waals surface area contributed by atoms with Crippen LogP contribution in [0, 0.1) is 0 Å². The Morgan fingerprint density at radius 2 is 1.39 bits per heavy atom. The number of hydrogen-bond acceptors (Lipinski definition) is 4. The van der Waals surface area contributed by atoms with E-state index in [0.717, 1.165) is 31.4 Å². The van der Waals surface area contributed by atoms with E-state index in [4.69, 9.17) is 11.6 Å². The van der Waals surface area contributed by atoms with Crippen LogP contribution >= 0.6 is 11.6 Å². The van der Waals surface area contributed by atoms with E-state index in [1.165, 1.54) is 57.1 Å². The van der Waals surface area contributed by atoms with Crippen LogP contribution in [0.1, 0.15) is 81.0 Å². The predicted molar refractivity (Wildman–Crippen MR) is 134 cm³/mol. The molecule has 0 saturated heterocycles. The van der Waals surface area contributed by atoms with Gasteiger partial charge in [0, 0.05) is 22.0 Å². The molecule has 0 radical (unpaired) electrons. The number of halogens is 1. The molecule has 178 valence electrons. The van der Waals surface area contributed by atoms with Gasteiger partial charge in [0.05, 0.1) is 4.90 Å². The average Bonchev–Trinajstić information content (AvgIpc) is 2.80. The first-order chi connectivity index (χ1) is 15.9. The summed E-state index contributed by atoms with van der Waals surface area (Å²) in [6, 6.07) is 12.3. The molecule has 0 atom stereocenters. The molecular weight excluding hydrogens is 458 g/mol. The van der Waals surface area contributed by atoms with Crippen molar-refractivity contribution in [3.05, 3.63) is 59.1 Å². The lowest BCUT2D eigenvalue weighted by atomic mass is 10.00. The Morgan fingerprint density at radius 3 is 2.00 bits per heavy atom. The molecule has 2 aromatic rings. The molecule has 0 spiro atoms. The van der Waals surface area contributed by atoms with Gasteiger partial charge in [0.25, 0.3) is 15.9 Å². The highest BCUT2D eigenvalue weighted by atomic mass is 35.5. The normalized spacial score (nSPS) is 16.2. The summed E-state index contributed by atoms with van der Waals surface area (Å²) < 4.78 is 28.0. The van der Waals surface area contributed by atoms with Crippen molar-refractivity contribution in [2.75, 3.05) is 4.72 Å². The van der Waals surface area contributed by atoms with Gasteiger partial charge in [-0.15, -0.1) is 0 Å². The van der Waals surface area contributed by atoms with E-state index in [1.54, 1.807) is 36.4 Å². The van der Waals surface area contributed by atoms with Gasteiger partial charge in [-0.05, 0) is 68.1 Å². The number of benzene rings is 2. The molecular formula is C25H32ClN3O3S. The number of hydrogen-bond donors (Lipinski definition) is 2. The van der Waals surface area contributed by atoms with Gasteiger partial charge < -0.3 is 0 Å². The monoisotopic (exact) mass is 489 g/mol. The van der Waals surface area contributed by atoms with E-state index in [9.17, 15) is 13.2 Å². The molecule has 0 aromatic heterocycles. The van der Waals surface area contributed by atoms with Gasteiger partial charge >= 0.3 is 0 Å². The second kappa shape index (κ2) is 12.8. The maximum atomic E-state index is 12.7. The standard InChI is InChI=1S/C25H32ClN3O3S/c26-21-15-17-23(18-16-21)29-33(31,32)24-14-10-11-20(19-24)25(30)28-27-22-12-8-6-4-2-1-3-5-7-9-13-22/h10-11,14-19,29H,1-9,12-13H2,(H,28,30). The second-order valence-corrected chi connectivity index (χ2v) is 10.6. The molecule has 0 aliphatic heterocycles. The summed E-state index contributed by atoms with van der Waals surface area (Å²) in [5, 5.41) is 4.91. The Hall–Kier alpha value is -2.38. The molecule has 0 bridgehead atoms. The fourth-order valence-corrected chi connectivity index (χ4v) is 5.09. The van der Waals surface area contributed by atoms with Gasteiger partial charge in [0.15, 0.2) is 0 Å². The minimum atomic E-state index is -3.85. The Labute approximate surface area is 201 Å². The van der Waals surface area contributed by atoms with Crippen molar-refractivity contribution in [2.24, 2.45) is 5.10 Å². The van der Waals surface area contributed by atoms with Crippen LogP contribution in [0.4, 0.5) is 5.69 Å². The number of carbonyl (C=O) groups is 1. The Balaban J connectivity index is 1.65. The SMILES string of the molecule is O=C(NN=C1CCCCCCCCCCC1)c1cccc(S(=O)(=O)Nc2ccc(Cl)cc2)c1. The number of hydrazone groups is 1. The van der Waals surface area contributed by atoms with Crippen molar-refractivity contribution in [3.63, 3.8) is 0 Å². The van der Waals surface area contributed by atoms with Gasteiger partial charge in [-0.25, -0.2) is 13.8 Å². The summed E-state index contributed by atoms with van der Waals surface area (Å²) >= 11 is 5.86. The molecule has 2 aromatic carbocycles. The molecule has 0 heterocycles. The minimum absolute atomic E-state index is 0.00348. The highest BCUT2D eigenvalue weighted by molar-refractivity contribution is 7.92. The maximum absolute atomic E-state index is 12.7. The van der Waals surface area contributed by atoms with Crippen LogP contribution in [-0.2, 0) is 10.0 Å². The van der Waals surface area contributed by atoms with E-state index in [2.05, 4.69) is 15.2 Å². The number of rotatable bonds is 5. The summed E-state index contributed by atoms with van der Waals surface area (Å²) in [5.41, 5.74) is 4.28. The van der Waals surface area contributed by atoms with Crippen LogP contribution in [0.2, 0.25) is 5.02 Å². The van der Waals surface area contributed by atoms with Gasteiger partial charge in [-0.2, -0.15) is 5.10 Å². The van der Waals surface area contributed by atoms with E-state index in [1.807, 2.05) is 0 Å². The Bertz CT molecular complexity index is 1040. The largest absolute Gasteiger partial charge is 0.280 e. The number of carbonyl (C=O) groups excluding carboxylic acids is 1. The number of anilines is 1. The molecule has 3 rings (SSSR count). The molecule has 1 saturated carbocycles. The van der Waals surface area contributed by atoms with Crippen molar-refractivity contribution < 1.29 is 13.2 Å². The molecule has 33 heavy (non-hydrogen) atoms. The molecule has 1 amide bonds. The highest BCUT2D eigenvalue weighted by Gasteiger charge is 2.17. The van der Waals surface area contributed by atoms with E-state index in [0.29, 0.717) is 10.7 Å². The topological polar surface area (TPSA) is 87.6 Å². The van der Waals surface area contributed by atoms with E-state index >= 15 is 0 Å². The summed E-state index contributed by atoms with van der Waals surface area (Å²) in [4.78, 5) is 12.7. The van der Waals surface area contributed by atoms with Crippen LogP contribution in [0.25, 0.3) is 0 Å². The molecule has 1 fully saturated rings. The average molecular weight is 490 g/mol. The fraction of sp³-hybridized carbons (Fsp3) is 0.440. The van der Waals surface area contributed by atoms with Crippen LogP contribution in [0.3, 0.4) is 0 Å². The van der Waals surface area contributed by atoms with E-state index < -0.39 is 15.9 Å². The van der Waals surface area contributed by atoms with Crippen LogP contribution in [0.5, 0.6) is 0 Å². The lowest BCUT2D eigenvalue weighted by Crippen LogP contribution is -2.21. The first kappa shape index (κ1) is 25.2. The van der Waals surface area contributed by atoms with Crippen molar-refractivity contribution >= 4 is 38.9 Å². The Morgan fingerprint density at radius 1 is 0.818 bits per heavy atom. The zero-order valence-electron chi connectivity index (χ0n) is 18.9. The first-order valence-electron chi connectivity index (χ1n) is 11.7. The lowest BCUT2D eigenvalue weighted by Gasteiger charge is -2.11. The smallest absolute Gasteiger partial charge is 0.271 e. The summed E-state index contributed by atoms with van der Waals surface area (Å²) in [5.74, 6) is -0.419. The number of nitrogens with zero attached hydrogens (tertiary/aromatic N) is 1. The third-order valence-electron chi connectivity index (χ3n) is 5.75. The zero-order chi connectivity index (χ0) is 23.5. The molecule has 2 N–H and O–H groups in total. The maximum Gasteiger partial charge on any atom is 0.271 e. The molecule has 0 unspecified atom stereocenters. The minimum Gasteiger partial charge on any atom is -0.280 e. The number of nitrogens with one attached hydrogen (secondary N) is 2. The van der Waals surface area contributed by atoms with E-state index in [-0.39, 0.29) is 10.5 Å². The molecule has 1 aliphatic carbocycles. The summed E-state index contributed by atoms with van der Waals surface area (Å²) in [6.07, 6.45) is 12.8. The number of amides is 1. The third kappa shape index (κ3) is 8.48. The first-order valence-corrected chi connectivity index (χ1v) is 13.5. The molecule has 6 nitrogen and oxygen atoms in total. The molecule has 8 heteroatoms. The third-order valence-corrected chi connectivity index (χ3v) is 7.38. The van der Waals surface area contributed by atoms with Crippen LogP contribution in [-0.4, -0.2) is 20.0 Å². The van der Waals surface area contributed by atoms with Gasteiger partial charge in [-0.3, -0.25) is 9.52 Å². The predicted octanol–water partition coefficient (Wildman–Crippen LogP) is 6.53. The Kier molecular flexibility index (Phi) is 9.76. The van der Waals surface area contributed by atoms with Gasteiger partial charge in [0.1, 0.15) is 0 Å². The number of sulfonamides is 1. The van der Waals surface area contributed by atoms with Crippen LogP contribution < -0.4 is 10.1 Å². The van der Waals surface area contributed by atoms with Crippen molar-refractivity contribution in [1.82, 2.24) is 5.43 Å². The lowest BCUT2D eigenvalue weighted by molar-refractivity contribution is 0.0954. The van der Waals surface area contributed by atoms with Gasteiger partial charge in [0.2, 0.25) is 0 Å².